The number of nitrogens with zero attached hydrogens (tertiary/aromatic N) is 2. The molecule has 0 radical (unpaired) electrons. The number of sulfonamides is 1. The lowest BCUT2D eigenvalue weighted by molar-refractivity contribution is 0.385. The first-order chi connectivity index (χ1) is 12.1. The zero-order valence-electron chi connectivity index (χ0n) is 13.2. The van der Waals surface area contributed by atoms with Crippen molar-refractivity contribution in [3.8, 4) is 11.4 Å². The number of fused-ring (bicyclic) bond motifs is 1. The van der Waals surface area contributed by atoms with E-state index in [9.17, 15) is 13.2 Å². The minimum Gasteiger partial charge on any atom is -0.306 e. The third kappa shape index (κ3) is 2.92. The lowest BCUT2D eigenvalue weighted by atomic mass is 10.1. The molecule has 1 aromatic carbocycles. The van der Waals surface area contributed by atoms with E-state index in [1.807, 2.05) is 30.3 Å². The molecule has 1 aliphatic rings. The summed E-state index contributed by atoms with van der Waals surface area (Å²) < 4.78 is 27.1. The molecule has 0 bridgehead atoms. The Bertz CT molecular complexity index is 1060. The first-order valence-corrected chi connectivity index (χ1v) is 10.1. The summed E-state index contributed by atoms with van der Waals surface area (Å²) in [5, 5.41) is 1.74. The predicted octanol–water partition coefficient (Wildman–Crippen LogP) is 2.25. The van der Waals surface area contributed by atoms with Gasteiger partial charge in [0.25, 0.3) is 15.6 Å². The highest BCUT2D eigenvalue weighted by atomic mass is 32.2. The Morgan fingerprint density at radius 3 is 2.64 bits per heavy atom. The minimum absolute atomic E-state index is 0.110. The number of aromatic amines is 1. The molecule has 0 spiro atoms. The van der Waals surface area contributed by atoms with E-state index in [4.69, 9.17) is 0 Å². The fourth-order valence-electron chi connectivity index (χ4n) is 2.89. The highest BCUT2D eigenvalue weighted by Gasteiger charge is 2.31. The second kappa shape index (κ2) is 6.21. The van der Waals surface area contributed by atoms with Gasteiger partial charge in [-0.15, -0.1) is 11.3 Å². The van der Waals surface area contributed by atoms with Crippen LogP contribution in [0.4, 0.5) is 0 Å². The van der Waals surface area contributed by atoms with E-state index in [1.54, 1.807) is 17.5 Å². The standard InChI is InChI=1S/C17H15N3O3S2/c21-17-13-8-9-20(25(22,23)15-7-4-10-24-15)11-14(13)18-16(19-17)12-5-2-1-3-6-12/h1-7,10H,8-9,11H2,(H,18,19,21). The summed E-state index contributed by atoms with van der Waals surface area (Å²) >= 11 is 1.19. The third-order valence-corrected chi connectivity index (χ3v) is 7.39. The molecule has 1 N–H and O–H groups in total. The van der Waals surface area contributed by atoms with Crippen molar-refractivity contribution in [2.24, 2.45) is 0 Å². The van der Waals surface area contributed by atoms with Gasteiger partial charge in [-0.1, -0.05) is 36.4 Å². The smallest absolute Gasteiger partial charge is 0.254 e. The van der Waals surface area contributed by atoms with Gasteiger partial charge in [-0.25, -0.2) is 13.4 Å². The molecule has 0 amide bonds. The van der Waals surface area contributed by atoms with E-state index in [-0.39, 0.29) is 18.6 Å². The predicted molar refractivity (Wildman–Crippen MR) is 95.9 cm³/mol. The molecule has 0 unspecified atom stereocenters. The molecule has 3 aromatic rings. The fourth-order valence-corrected chi connectivity index (χ4v) is 5.44. The first kappa shape index (κ1) is 16.2. The lowest BCUT2D eigenvalue weighted by Crippen LogP contribution is -2.38. The lowest BCUT2D eigenvalue weighted by Gasteiger charge is -2.26. The summed E-state index contributed by atoms with van der Waals surface area (Å²) in [4.78, 5) is 19.7. The molecule has 8 heteroatoms. The monoisotopic (exact) mass is 373 g/mol. The van der Waals surface area contributed by atoms with Crippen LogP contribution < -0.4 is 5.56 Å². The van der Waals surface area contributed by atoms with Crippen LogP contribution in [0.25, 0.3) is 11.4 Å². The number of nitrogens with one attached hydrogen (secondary N) is 1. The summed E-state index contributed by atoms with van der Waals surface area (Å²) in [6, 6.07) is 12.6. The molecule has 4 rings (SSSR count). The van der Waals surface area contributed by atoms with Crippen molar-refractivity contribution in [2.75, 3.05) is 6.54 Å². The molecule has 2 aromatic heterocycles. The van der Waals surface area contributed by atoms with E-state index in [0.717, 1.165) is 5.56 Å². The number of benzene rings is 1. The number of rotatable bonds is 3. The molecule has 1 aliphatic heterocycles. The maximum absolute atomic E-state index is 12.7. The number of hydrogen-bond donors (Lipinski definition) is 1. The van der Waals surface area contributed by atoms with Crippen LogP contribution in [0.15, 0.2) is 56.8 Å². The van der Waals surface area contributed by atoms with Crippen LogP contribution in [0.2, 0.25) is 0 Å². The number of aromatic nitrogens is 2. The van der Waals surface area contributed by atoms with Gasteiger partial charge in [-0.3, -0.25) is 4.79 Å². The van der Waals surface area contributed by atoms with Crippen LogP contribution in [0, 0.1) is 0 Å². The second-order valence-corrected chi connectivity index (χ2v) is 8.84. The van der Waals surface area contributed by atoms with Crippen LogP contribution >= 0.6 is 11.3 Å². The van der Waals surface area contributed by atoms with Gasteiger partial charge in [-0.05, 0) is 17.9 Å². The summed E-state index contributed by atoms with van der Waals surface area (Å²) in [5.74, 6) is 0.458. The van der Waals surface area contributed by atoms with Gasteiger partial charge in [-0.2, -0.15) is 4.31 Å². The van der Waals surface area contributed by atoms with Crippen LogP contribution in [-0.4, -0.2) is 29.2 Å². The molecular weight excluding hydrogens is 358 g/mol. The molecule has 0 fully saturated rings. The zero-order valence-corrected chi connectivity index (χ0v) is 14.8. The Morgan fingerprint density at radius 1 is 1.12 bits per heavy atom. The SMILES string of the molecule is O=c1[nH]c(-c2ccccc2)nc2c1CCN(S(=O)(=O)c1cccs1)C2. The van der Waals surface area contributed by atoms with Gasteiger partial charge in [0.05, 0.1) is 12.2 Å². The number of H-pyrrole nitrogens is 1. The van der Waals surface area contributed by atoms with E-state index in [0.29, 0.717) is 27.7 Å². The summed E-state index contributed by atoms with van der Waals surface area (Å²) in [6.07, 6.45) is 0.358. The van der Waals surface area contributed by atoms with Crippen molar-refractivity contribution < 1.29 is 8.42 Å². The largest absolute Gasteiger partial charge is 0.306 e. The quantitative estimate of drug-likeness (QED) is 0.763. The topological polar surface area (TPSA) is 83.1 Å². The van der Waals surface area contributed by atoms with Crippen molar-refractivity contribution in [2.45, 2.75) is 17.2 Å². The van der Waals surface area contributed by atoms with Crippen molar-refractivity contribution in [1.29, 1.82) is 0 Å². The molecule has 3 heterocycles. The Kier molecular flexibility index (Phi) is 4.03. The van der Waals surface area contributed by atoms with Crippen molar-refractivity contribution in [3.05, 3.63) is 69.5 Å². The van der Waals surface area contributed by atoms with E-state index >= 15 is 0 Å². The number of thiophene rings is 1. The van der Waals surface area contributed by atoms with Crippen LogP contribution in [0.1, 0.15) is 11.3 Å². The highest BCUT2D eigenvalue weighted by molar-refractivity contribution is 7.91. The average Bonchev–Trinajstić information content (AvgIpc) is 3.17. The summed E-state index contributed by atoms with van der Waals surface area (Å²) in [6.45, 7) is 0.391. The highest BCUT2D eigenvalue weighted by Crippen LogP contribution is 2.26. The van der Waals surface area contributed by atoms with Crippen molar-refractivity contribution >= 4 is 21.4 Å². The molecule has 128 valence electrons. The van der Waals surface area contributed by atoms with Crippen LogP contribution in [0.5, 0.6) is 0 Å². The van der Waals surface area contributed by atoms with Gasteiger partial charge >= 0.3 is 0 Å². The Labute approximate surface area is 148 Å². The summed E-state index contributed by atoms with van der Waals surface area (Å²) in [5.41, 5.74) is 1.68. The Hall–Kier alpha value is -2.29. The molecule has 0 atom stereocenters. The van der Waals surface area contributed by atoms with E-state index < -0.39 is 10.0 Å². The van der Waals surface area contributed by atoms with Gasteiger partial charge in [0, 0.05) is 17.7 Å². The molecule has 0 saturated carbocycles. The average molecular weight is 373 g/mol. The number of hydrogen-bond acceptors (Lipinski definition) is 5. The maximum atomic E-state index is 12.7. The van der Waals surface area contributed by atoms with Crippen LogP contribution in [0.3, 0.4) is 0 Å². The van der Waals surface area contributed by atoms with Gasteiger partial charge in [0.1, 0.15) is 10.0 Å². The zero-order chi connectivity index (χ0) is 17.4. The fraction of sp³-hybridized carbons (Fsp3) is 0.176. The van der Waals surface area contributed by atoms with Gasteiger partial charge in [0.15, 0.2) is 0 Å². The van der Waals surface area contributed by atoms with E-state index in [1.165, 1.54) is 15.6 Å². The van der Waals surface area contributed by atoms with Crippen molar-refractivity contribution in [1.82, 2.24) is 14.3 Å². The Morgan fingerprint density at radius 2 is 1.92 bits per heavy atom. The summed E-state index contributed by atoms with van der Waals surface area (Å²) in [7, 11) is -3.55. The molecule has 25 heavy (non-hydrogen) atoms. The van der Waals surface area contributed by atoms with Crippen LogP contribution in [-0.2, 0) is 23.0 Å². The van der Waals surface area contributed by atoms with Crippen molar-refractivity contribution in [3.63, 3.8) is 0 Å². The van der Waals surface area contributed by atoms with Gasteiger partial charge in [0.2, 0.25) is 0 Å². The van der Waals surface area contributed by atoms with E-state index in [2.05, 4.69) is 9.97 Å². The normalized spacial score (nSPS) is 15.0. The molecule has 0 aliphatic carbocycles. The molecular formula is C17H15N3O3S2. The minimum atomic E-state index is -3.55. The van der Waals surface area contributed by atoms with Gasteiger partial charge < -0.3 is 4.98 Å². The Balaban J connectivity index is 1.73. The first-order valence-electron chi connectivity index (χ1n) is 7.77. The second-order valence-electron chi connectivity index (χ2n) is 5.73. The molecule has 0 saturated heterocycles. The molecule has 6 nitrogen and oxygen atoms in total. The third-order valence-electron chi connectivity index (χ3n) is 4.17. The maximum Gasteiger partial charge on any atom is 0.254 e.